The fraction of sp³-hybridized carbons (Fsp3) is 0.250. The lowest BCUT2D eigenvalue weighted by molar-refractivity contribution is 0.933. The molecule has 0 aliphatic rings. The molecule has 0 amide bonds. The van der Waals surface area contributed by atoms with Crippen molar-refractivity contribution in [1.29, 1.82) is 0 Å². The highest BCUT2D eigenvalue weighted by molar-refractivity contribution is 8.00. The first-order valence-corrected chi connectivity index (χ1v) is 5.96. The Kier molecular flexibility index (Phi) is 3.12. The first-order valence-electron chi connectivity index (χ1n) is 4.37. The number of aryl methyl sites for hydroxylation is 1. The largest absolute Gasteiger partial charge is 0.382 e. The summed E-state index contributed by atoms with van der Waals surface area (Å²) in [4.78, 5) is 4.32. The van der Waals surface area contributed by atoms with Gasteiger partial charge < -0.3 is 5.73 Å². The van der Waals surface area contributed by atoms with E-state index in [1.807, 2.05) is 13.0 Å². The van der Waals surface area contributed by atoms with Crippen molar-refractivity contribution >= 4 is 29.1 Å². The van der Waals surface area contributed by atoms with Crippen LogP contribution in [0.2, 0.25) is 0 Å². The van der Waals surface area contributed by atoms with E-state index in [-0.39, 0.29) is 0 Å². The summed E-state index contributed by atoms with van der Waals surface area (Å²) in [5.74, 6) is 1.29. The highest BCUT2D eigenvalue weighted by atomic mass is 32.2. The molecule has 2 N–H and O–H groups in total. The highest BCUT2D eigenvalue weighted by Gasteiger charge is 2.05. The fourth-order valence-corrected chi connectivity index (χ4v) is 2.46. The average molecular weight is 239 g/mol. The number of nitrogens with two attached hydrogens (primary N) is 1. The van der Waals surface area contributed by atoms with Gasteiger partial charge in [-0.2, -0.15) is 4.37 Å². The van der Waals surface area contributed by atoms with Crippen LogP contribution in [-0.4, -0.2) is 19.6 Å². The molecule has 0 fully saturated rings. The van der Waals surface area contributed by atoms with Crippen molar-refractivity contribution in [1.82, 2.24) is 19.6 Å². The lowest BCUT2D eigenvalue weighted by Gasteiger charge is -1.94. The maximum Gasteiger partial charge on any atom is 0.176 e. The molecular weight excluding hydrogens is 230 g/mol. The second-order valence-corrected chi connectivity index (χ2v) is 4.75. The Morgan fingerprint density at radius 3 is 2.87 bits per heavy atom. The minimum atomic E-state index is 0.422. The van der Waals surface area contributed by atoms with Gasteiger partial charge in [0.25, 0.3) is 0 Å². The summed E-state index contributed by atoms with van der Waals surface area (Å²) in [6, 6.07) is 3.54. The SMILES string of the molecule is CCc1nsc(Sc2ccc(N)nn2)n1. The van der Waals surface area contributed by atoms with Crippen LogP contribution in [0, 0.1) is 0 Å². The van der Waals surface area contributed by atoms with Crippen molar-refractivity contribution in [2.75, 3.05) is 5.73 Å². The van der Waals surface area contributed by atoms with Gasteiger partial charge >= 0.3 is 0 Å². The van der Waals surface area contributed by atoms with Crippen molar-refractivity contribution in [3.05, 3.63) is 18.0 Å². The van der Waals surface area contributed by atoms with Gasteiger partial charge in [-0.15, -0.1) is 10.2 Å². The third-order valence-corrected chi connectivity index (χ3v) is 3.33. The number of nitrogen functional groups attached to an aromatic ring is 1. The van der Waals surface area contributed by atoms with Crippen LogP contribution in [0.25, 0.3) is 0 Å². The second-order valence-electron chi connectivity index (χ2n) is 2.73. The number of aromatic nitrogens is 4. The number of rotatable bonds is 3. The molecule has 78 valence electrons. The summed E-state index contributed by atoms with van der Waals surface area (Å²) in [6.07, 6.45) is 0.852. The predicted octanol–water partition coefficient (Wildman–Crippen LogP) is 1.62. The molecule has 2 rings (SSSR count). The van der Waals surface area contributed by atoms with Gasteiger partial charge in [-0.25, -0.2) is 4.98 Å². The number of nitrogens with zero attached hydrogens (tertiary/aromatic N) is 4. The molecule has 0 saturated heterocycles. The first-order chi connectivity index (χ1) is 7.28. The molecular formula is C8H9N5S2. The van der Waals surface area contributed by atoms with Crippen LogP contribution in [-0.2, 0) is 6.42 Å². The summed E-state index contributed by atoms with van der Waals surface area (Å²) >= 11 is 2.82. The van der Waals surface area contributed by atoms with Crippen molar-refractivity contribution in [2.45, 2.75) is 22.7 Å². The zero-order valence-corrected chi connectivity index (χ0v) is 9.68. The topological polar surface area (TPSA) is 77.6 Å². The summed E-state index contributed by atoms with van der Waals surface area (Å²) in [5, 5.41) is 8.48. The van der Waals surface area contributed by atoms with E-state index in [0.29, 0.717) is 5.82 Å². The van der Waals surface area contributed by atoms with Crippen molar-refractivity contribution in [3.8, 4) is 0 Å². The van der Waals surface area contributed by atoms with E-state index in [9.17, 15) is 0 Å². The molecule has 0 spiro atoms. The lowest BCUT2D eigenvalue weighted by atomic mass is 10.5. The maximum atomic E-state index is 5.44. The molecule has 7 heteroatoms. The van der Waals surface area contributed by atoms with Crippen LogP contribution in [0.4, 0.5) is 5.82 Å². The van der Waals surface area contributed by atoms with E-state index in [0.717, 1.165) is 21.6 Å². The number of hydrogen-bond donors (Lipinski definition) is 1. The number of hydrogen-bond acceptors (Lipinski definition) is 7. The van der Waals surface area contributed by atoms with Crippen LogP contribution in [0.1, 0.15) is 12.7 Å². The van der Waals surface area contributed by atoms with Gasteiger partial charge in [-0.05, 0) is 35.4 Å². The van der Waals surface area contributed by atoms with Gasteiger partial charge in [0.05, 0.1) is 0 Å². The van der Waals surface area contributed by atoms with Crippen LogP contribution in [0.5, 0.6) is 0 Å². The molecule has 0 aliphatic carbocycles. The van der Waals surface area contributed by atoms with Gasteiger partial charge in [0, 0.05) is 6.42 Å². The van der Waals surface area contributed by atoms with Gasteiger partial charge in [0.2, 0.25) is 0 Å². The van der Waals surface area contributed by atoms with Crippen molar-refractivity contribution in [3.63, 3.8) is 0 Å². The second kappa shape index (κ2) is 4.54. The monoisotopic (exact) mass is 239 g/mol. The molecule has 0 radical (unpaired) electrons. The molecule has 0 aromatic carbocycles. The van der Waals surface area contributed by atoms with E-state index in [2.05, 4.69) is 19.6 Å². The van der Waals surface area contributed by atoms with Gasteiger partial charge in [-0.3, -0.25) is 0 Å². The molecule has 0 aliphatic heterocycles. The van der Waals surface area contributed by atoms with Crippen LogP contribution in [0.3, 0.4) is 0 Å². The summed E-state index contributed by atoms with van der Waals surface area (Å²) in [7, 11) is 0. The summed E-state index contributed by atoms with van der Waals surface area (Å²) in [5.41, 5.74) is 5.44. The maximum absolute atomic E-state index is 5.44. The Morgan fingerprint density at radius 1 is 1.40 bits per heavy atom. The van der Waals surface area contributed by atoms with Crippen LogP contribution >= 0.6 is 23.3 Å². The average Bonchev–Trinajstić information content (AvgIpc) is 2.69. The Morgan fingerprint density at radius 2 is 2.27 bits per heavy atom. The highest BCUT2D eigenvalue weighted by Crippen LogP contribution is 2.26. The van der Waals surface area contributed by atoms with Gasteiger partial charge in [0.1, 0.15) is 16.7 Å². The smallest absolute Gasteiger partial charge is 0.176 e. The van der Waals surface area contributed by atoms with E-state index in [1.54, 1.807) is 6.07 Å². The third kappa shape index (κ3) is 2.63. The molecule has 2 aromatic heterocycles. The molecule has 15 heavy (non-hydrogen) atoms. The Bertz CT molecular complexity index is 439. The molecule has 0 unspecified atom stereocenters. The Hall–Kier alpha value is -1.21. The Balaban J connectivity index is 2.11. The summed E-state index contributed by atoms with van der Waals surface area (Å²) in [6.45, 7) is 2.03. The fourth-order valence-electron chi connectivity index (χ4n) is 0.897. The predicted molar refractivity (Wildman–Crippen MR) is 59.9 cm³/mol. The molecule has 0 saturated carbocycles. The van der Waals surface area contributed by atoms with E-state index in [4.69, 9.17) is 5.73 Å². The van der Waals surface area contributed by atoms with E-state index >= 15 is 0 Å². The molecule has 2 heterocycles. The zero-order valence-electron chi connectivity index (χ0n) is 8.04. The van der Waals surface area contributed by atoms with Gasteiger partial charge in [-0.1, -0.05) is 6.92 Å². The Labute approximate surface area is 95.3 Å². The lowest BCUT2D eigenvalue weighted by Crippen LogP contribution is -1.92. The molecule has 5 nitrogen and oxygen atoms in total. The first kappa shape index (κ1) is 10.3. The van der Waals surface area contributed by atoms with E-state index < -0.39 is 0 Å². The normalized spacial score (nSPS) is 10.5. The van der Waals surface area contributed by atoms with Crippen LogP contribution in [0.15, 0.2) is 21.5 Å². The molecule has 0 atom stereocenters. The minimum Gasteiger partial charge on any atom is -0.382 e. The quantitative estimate of drug-likeness (QED) is 0.877. The van der Waals surface area contributed by atoms with Gasteiger partial charge in [0.15, 0.2) is 4.34 Å². The number of anilines is 1. The van der Waals surface area contributed by atoms with Crippen molar-refractivity contribution < 1.29 is 0 Å². The molecule has 0 bridgehead atoms. The minimum absolute atomic E-state index is 0.422. The van der Waals surface area contributed by atoms with Crippen molar-refractivity contribution in [2.24, 2.45) is 0 Å². The zero-order chi connectivity index (χ0) is 10.7. The molecule has 2 aromatic rings. The third-order valence-electron chi connectivity index (χ3n) is 1.62. The van der Waals surface area contributed by atoms with Crippen LogP contribution < -0.4 is 5.73 Å². The van der Waals surface area contributed by atoms with E-state index in [1.165, 1.54) is 23.3 Å². The standard InChI is InChI=1S/C8H9N5S2/c1-2-6-10-8(15-13-6)14-7-4-3-5(9)11-12-7/h3-4H,2H2,1H3,(H2,9,11). The summed E-state index contributed by atoms with van der Waals surface area (Å²) < 4.78 is 5.07.